The molecule has 10 aliphatic rings. The van der Waals surface area contributed by atoms with Crippen LogP contribution in [0.25, 0.3) is 0 Å². The molecule has 8 heterocycles. The monoisotopic (exact) mass is 755 g/mol. The van der Waals surface area contributed by atoms with Crippen molar-refractivity contribution >= 4 is 5.91 Å². The average Bonchev–Trinajstić information content (AvgIpc) is 3.44. The number of ether oxygens (including phenoxy) is 5. The first-order chi connectivity index (χ1) is 24.3. The van der Waals surface area contributed by atoms with E-state index in [1.165, 1.54) is 6.92 Å². The number of nitrogens with one attached hydrogen (secondary N) is 1. The summed E-state index contributed by atoms with van der Waals surface area (Å²) in [4.78, 5) is 37.0. The van der Waals surface area contributed by atoms with Crippen molar-refractivity contribution in [2.45, 2.75) is 146 Å². The zero-order valence-corrected chi connectivity index (χ0v) is 29.8. The van der Waals surface area contributed by atoms with Gasteiger partial charge >= 0.3 is 12.4 Å². The first-order valence-corrected chi connectivity index (χ1v) is 18.5. The smallest absolute Gasteiger partial charge is 0.449 e. The molecule has 2 saturated carbocycles. The van der Waals surface area contributed by atoms with Crippen molar-refractivity contribution in [3.05, 3.63) is 11.3 Å². The van der Waals surface area contributed by atoms with E-state index in [-0.39, 0.29) is 43.1 Å². The van der Waals surface area contributed by atoms with Crippen molar-refractivity contribution in [2.75, 3.05) is 13.2 Å². The molecule has 52 heavy (non-hydrogen) atoms. The van der Waals surface area contributed by atoms with Crippen LogP contribution >= 0.6 is 0 Å². The number of hydrogen-bond acceptors (Lipinski definition) is 10. The van der Waals surface area contributed by atoms with E-state index in [0.29, 0.717) is 44.9 Å². The molecule has 17 heteroatoms. The fraction of sp³-hybridized carbons (Fsp3) is 0.914. The number of halogens is 6. The van der Waals surface area contributed by atoms with Crippen LogP contribution in [0, 0.1) is 41.4 Å². The number of hydrogen-bond donors (Lipinski definition) is 1. The van der Waals surface area contributed by atoms with Gasteiger partial charge in [0.05, 0.1) is 12.2 Å². The Labute approximate surface area is 297 Å². The number of alkyl halides is 6. The summed E-state index contributed by atoms with van der Waals surface area (Å²) in [6.07, 6.45) is -9.39. The second-order valence-corrected chi connectivity index (χ2v) is 16.7. The van der Waals surface area contributed by atoms with Gasteiger partial charge in [-0.15, -0.1) is 0 Å². The molecular formula is C35H47F6NO10. The minimum atomic E-state index is -5.04. The predicted octanol–water partition coefficient (Wildman–Crippen LogP) is 6.71. The van der Waals surface area contributed by atoms with Crippen LogP contribution in [0.3, 0.4) is 0 Å². The fourth-order valence-corrected chi connectivity index (χ4v) is 11.0. The van der Waals surface area contributed by atoms with Crippen LogP contribution < -0.4 is 5.32 Å². The first-order valence-electron chi connectivity index (χ1n) is 18.5. The number of amides is 1. The highest BCUT2D eigenvalue weighted by Crippen LogP contribution is 2.65. The van der Waals surface area contributed by atoms with Gasteiger partial charge in [-0.05, 0) is 76.5 Å². The molecule has 294 valence electrons. The quantitative estimate of drug-likeness (QED) is 0.178. The Bertz CT molecular complexity index is 1480. The van der Waals surface area contributed by atoms with E-state index in [2.05, 4.69) is 5.32 Å². The van der Waals surface area contributed by atoms with Gasteiger partial charge in [-0.1, -0.05) is 20.8 Å². The maximum atomic E-state index is 15.2. The Morgan fingerprint density at radius 2 is 1.37 bits per heavy atom. The van der Waals surface area contributed by atoms with Gasteiger partial charge in [-0.2, -0.15) is 26.3 Å². The summed E-state index contributed by atoms with van der Waals surface area (Å²) >= 11 is 0. The van der Waals surface area contributed by atoms with Crippen LogP contribution in [0.5, 0.6) is 0 Å². The number of carbonyl (C=O) groups excluding carboxylic acids is 1. The van der Waals surface area contributed by atoms with Crippen molar-refractivity contribution in [1.82, 2.24) is 5.32 Å². The summed E-state index contributed by atoms with van der Waals surface area (Å²) in [6.45, 7) is 7.80. The van der Waals surface area contributed by atoms with Gasteiger partial charge in [-0.3, -0.25) is 4.79 Å². The Morgan fingerprint density at radius 3 is 2.00 bits per heavy atom. The summed E-state index contributed by atoms with van der Waals surface area (Å²) in [7, 11) is 0. The number of fused-ring (bicyclic) bond motifs is 4. The molecule has 9 fully saturated rings. The van der Waals surface area contributed by atoms with Gasteiger partial charge in [0.2, 0.25) is 23.6 Å². The first kappa shape index (κ1) is 37.2. The summed E-state index contributed by atoms with van der Waals surface area (Å²) in [5.74, 6) is -11.6. The molecule has 0 aromatic carbocycles. The third-order valence-corrected chi connectivity index (χ3v) is 13.6. The summed E-state index contributed by atoms with van der Waals surface area (Å²) in [6, 6.07) is 0. The van der Waals surface area contributed by atoms with Crippen molar-refractivity contribution in [1.29, 1.82) is 0 Å². The molecular weight excluding hydrogens is 708 g/mol. The number of carbonyl (C=O) groups is 1. The molecule has 10 rings (SSSR count). The molecule has 14 atom stereocenters. The van der Waals surface area contributed by atoms with Crippen molar-refractivity contribution in [3.63, 3.8) is 0 Å². The van der Waals surface area contributed by atoms with E-state index in [4.69, 9.17) is 43.2 Å². The molecule has 7 saturated heterocycles. The van der Waals surface area contributed by atoms with Gasteiger partial charge in [0.1, 0.15) is 0 Å². The van der Waals surface area contributed by atoms with Crippen LogP contribution in [0.1, 0.15) is 92.4 Å². The summed E-state index contributed by atoms with van der Waals surface area (Å²) in [5.41, 5.74) is -3.39. The Hall–Kier alpha value is -1.73. The standard InChI is InChI=1S/C35H47F6NO10/c1-17-7-9-22-19(3)33(35(39,40)41,48-28-31(22)20(17)11-14-30(5,47-28)50-51-31)44-16-6-15-42-26(43)24-23-10-8-18(2)21-12-13-29(4)46-27(32(21,23)52-49-29)45-25(24)34(36,37)38/h17-23,27-28H,6-16H2,1-5H3,(H,42,43)/t17-,18-,19-,20?,21?,22+,23+,27-,28+,29+,30+,31?,32?,33-/m1/s1. The van der Waals surface area contributed by atoms with Gasteiger partial charge in [-0.25, -0.2) is 19.6 Å². The second-order valence-electron chi connectivity index (χ2n) is 16.7. The fourth-order valence-electron chi connectivity index (χ4n) is 11.0. The highest BCUT2D eigenvalue weighted by atomic mass is 19.4. The topological polar surface area (TPSA) is 112 Å². The SMILES string of the molecule is C[C@@H]1CC[C@H]2C(C(=O)NCCCO[C@@]3(C(F)(F)F)O[C@@H]4O[C@]5(C)CCC6[C@H](C)CC[C@@H]([C@H]3C)C64OO5)=C(C(F)(F)F)O[C@@H]3O[C@]4(C)CCC1C32OO4. The van der Waals surface area contributed by atoms with Crippen molar-refractivity contribution < 1.29 is 74.4 Å². The van der Waals surface area contributed by atoms with Crippen molar-refractivity contribution in [2.24, 2.45) is 41.4 Å². The molecule has 2 aliphatic carbocycles. The van der Waals surface area contributed by atoms with E-state index in [1.807, 2.05) is 13.8 Å². The van der Waals surface area contributed by atoms with E-state index in [0.717, 1.165) is 0 Å². The van der Waals surface area contributed by atoms with Gasteiger partial charge in [0.25, 0.3) is 11.7 Å². The molecule has 0 aromatic heterocycles. The summed E-state index contributed by atoms with van der Waals surface area (Å²) in [5, 5.41) is 2.48. The second kappa shape index (κ2) is 12.1. The normalized spacial score (nSPS) is 49.7. The predicted molar refractivity (Wildman–Crippen MR) is 162 cm³/mol. The Morgan fingerprint density at radius 1 is 0.769 bits per heavy atom. The molecule has 11 nitrogen and oxygen atoms in total. The lowest BCUT2D eigenvalue weighted by atomic mass is 9.57. The van der Waals surface area contributed by atoms with E-state index in [9.17, 15) is 18.0 Å². The minimum Gasteiger partial charge on any atom is -0.456 e. The third kappa shape index (κ3) is 5.25. The minimum absolute atomic E-state index is 0.0209. The number of rotatable bonds is 6. The molecule has 0 aromatic rings. The van der Waals surface area contributed by atoms with Crippen molar-refractivity contribution in [3.8, 4) is 0 Å². The Balaban J connectivity index is 1.00. The third-order valence-electron chi connectivity index (χ3n) is 13.6. The van der Waals surface area contributed by atoms with Crippen LogP contribution in [0.2, 0.25) is 0 Å². The average molecular weight is 756 g/mol. The van der Waals surface area contributed by atoms with Crippen LogP contribution in [-0.2, 0) is 48.0 Å². The van der Waals surface area contributed by atoms with E-state index >= 15 is 13.2 Å². The van der Waals surface area contributed by atoms with Gasteiger partial charge < -0.3 is 29.0 Å². The number of allylic oxidation sites excluding steroid dienone is 1. The zero-order chi connectivity index (χ0) is 37.3. The molecule has 1 amide bonds. The molecule has 1 N–H and O–H groups in total. The lowest BCUT2D eigenvalue weighted by Gasteiger charge is -2.62. The van der Waals surface area contributed by atoms with Crippen LogP contribution in [0.4, 0.5) is 26.3 Å². The lowest BCUT2D eigenvalue weighted by Crippen LogP contribution is -2.76. The molecule has 4 bridgehead atoms. The highest BCUT2D eigenvalue weighted by molar-refractivity contribution is 5.95. The molecule has 2 spiro atoms. The molecule has 4 unspecified atom stereocenters. The van der Waals surface area contributed by atoms with Gasteiger partial charge in [0.15, 0.2) is 17.5 Å². The zero-order valence-electron chi connectivity index (χ0n) is 29.8. The van der Waals surface area contributed by atoms with Crippen LogP contribution in [0.15, 0.2) is 11.3 Å². The molecule has 0 radical (unpaired) electrons. The lowest BCUT2D eigenvalue weighted by molar-refractivity contribution is -0.598. The highest BCUT2D eigenvalue weighted by Gasteiger charge is 2.77. The van der Waals surface area contributed by atoms with Crippen LogP contribution in [-0.4, -0.2) is 72.6 Å². The van der Waals surface area contributed by atoms with Gasteiger partial charge in [0, 0.05) is 43.1 Å². The maximum Gasteiger partial charge on any atom is 0.449 e. The molecule has 8 aliphatic heterocycles. The largest absolute Gasteiger partial charge is 0.456 e. The van der Waals surface area contributed by atoms with E-state index in [1.54, 1.807) is 13.8 Å². The maximum absolute atomic E-state index is 15.2. The Kier molecular flexibility index (Phi) is 8.68. The van der Waals surface area contributed by atoms with E-state index < -0.39 is 95.1 Å². The summed E-state index contributed by atoms with van der Waals surface area (Å²) < 4.78 is 118.